The molecule has 1 aromatic heterocycles. The van der Waals surface area contributed by atoms with Gasteiger partial charge in [0, 0.05) is 4.88 Å². The molecule has 2 N–H and O–H groups in total. The number of amides is 1. The molecule has 6 nitrogen and oxygen atoms in total. The van der Waals surface area contributed by atoms with Gasteiger partial charge in [-0.2, -0.15) is 5.26 Å². The van der Waals surface area contributed by atoms with Crippen LogP contribution >= 0.6 is 11.3 Å². The van der Waals surface area contributed by atoms with Crippen LogP contribution in [0, 0.1) is 17.2 Å². The molecule has 1 aliphatic carbocycles. The van der Waals surface area contributed by atoms with Crippen molar-refractivity contribution in [2.75, 3.05) is 31.6 Å². The van der Waals surface area contributed by atoms with E-state index < -0.39 is 0 Å². The van der Waals surface area contributed by atoms with Crippen molar-refractivity contribution in [2.45, 2.75) is 51.9 Å². The highest BCUT2D eigenvalue weighted by atomic mass is 32.1. The van der Waals surface area contributed by atoms with Crippen LogP contribution in [-0.2, 0) is 27.2 Å². The van der Waals surface area contributed by atoms with Crippen LogP contribution in [0.5, 0.6) is 0 Å². The van der Waals surface area contributed by atoms with E-state index >= 15 is 0 Å². The van der Waals surface area contributed by atoms with Gasteiger partial charge in [-0.25, -0.2) is 0 Å². The Balaban J connectivity index is 1.52. The molecule has 7 heteroatoms. The molecule has 1 aliphatic heterocycles. The van der Waals surface area contributed by atoms with E-state index in [1.54, 1.807) is 11.3 Å². The number of esters is 1. The predicted octanol–water partition coefficient (Wildman–Crippen LogP) is 1.69. The van der Waals surface area contributed by atoms with E-state index in [-0.39, 0.29) is 17.8 Å². The number of fused-ring (bicyclic) bond motifs is 1. The van der Waals surface area contributed by atoms with Crippen molar-refractivity contribution in [3.8, 4) is 6.07 Å². The Bertz CT molecular complexity index is 738. The van der Waals surface area contributed by atoms with E-state index in [0.717, 1.165) is 57.2 Å². The molecule has 2 atom stereocenters. The molecule has 0 spiro atoms. The highest BCUT2D eigenvalue weighted by molar-refractivity contribution is 7.16. The lowest BCUT2D eigenvalue weighted by Crippen LogP contribution is -3.13. The van der Waals surface area contributed by atoms with Gasteiger partial charge in [0.05, 0.1) is 38.2 Å². The van der Waals surface area contributed by atoms with Gasteiger partial charge in [-0.15, -0.1) is 11.3 Å². The van der Waals surface area contributed by atoms with E-state index in [2.05, 4.69) is 11.4 Å². The summed E-state index contributed by atoms with van der Waals surface area (Å²) in [7, 11) is 0. The lowest BCUT2D eigenvalue weighted by atomic mass is 9.96. The van der Waals surface area contributed by atoms with Crippen molar-refractivity contribution >= 4 is 28.2 Å². The van der Waals surface area contributed by atoms with Crippen molar-refractivity contribution in [3.05, 3.63) is 16.0 Å². The van der Waals surface area contributed by atoms with Crippen molar-refractivity contribution in [3.63, 3.8) is 0 Å². The third-order valence-corrected chi connectivity index (χ3v) is 6.69. The first kappa shape index (κ1) is 19.8. The lowest BCUT2D eigenvalue weighted by molar-refractivity contribution is -0.906. The maximum absolute atomic E-state index is 12.4. The molecule has 0 radical (unpaired) electrons. The Morgan fingerprint density at radius 3 is 2.93 bits per heavy atom. The summed E-state index contributed by atoms with van der Waals surface area (Å²) in [5.74, 6) is -0.205. The number of nitrogens with one attached hydrogen (secondary N) is 2. The second-order valence-corrected chi connectivity index (χ2v) is 8.48. The quantitative estimate of drug-likeness (QED) is 0.724. The largest absolute Gasteiger partial charge is 0.466 e. The van der Waals surface area contributed by atoms with Gasteiger partial charge in [0.15, 0.2) is 0 Å². The average molecular weight is 391 g/mol. The Labute approximate surface area is 164 Å². The monoisotopic (exact) mass is 390 g/mol. The van der Waals surface area contributed by atoms with Crippen molar-refractivity contribution in [1.82, 2.24) is 0 Å². The summed E-state index contributed by atoms with van der Waals surface area (Å²) >= 11 is 1.56. The minimum absolute atomic E-state index is 0.0455. The minimum Gasteiger partial charge on any atom is -0.466 e. The molecular weight excluding hydrogens is 362 g/mol. The number of hydrogen-bond acceptors (Lipinski definition) is 5. The molecule has 1 amide bonds. The van der Waals surface area contributed by atoms with Crippen molar-refractivity contribution in [2.24, 2.45) is 5.92 Å². The fourth-order valence-electron chi connectivity index (χ4n) is 4.09. The summed E-state index contributed by atoms with van der Waals surface area (Å²) in [5.41, 5.74) is 1.80. The van der Waals surface area contributed by atoms with E-state index in [4.69, 9.17) is 4.74 Å². The van der Waals surface area contributed by atoms with Crippen LogP contribution in [0.25, 0.3) is 0 Å². The van der Waals surface area contributed by atoms with Gasteiger partial charge in [0.2, 0.25) is 5.91 Å². The van der Waals surface area contributed by atoms with E-state index in [0.29, 0.717) is 30.1 Å². The molecule has 2 heterocycles. The maximum Gasteiger partial charge on any atom is 0.314 e. The van der Waals surface area contributed by atoms with Crippen molar-refractivity contribution in [1.29, 1.82) is 5.26 Å². The number of rotatable bonds is 6. The number of likely N-dealkylation sites (tertiary alicyclic amines) is 1. The van der Waals surface area contributed by atoms with Crippen molar-refractivity contribution < 1.29 is 19.2 Å². The zero-order chi connectivity index (χ0) is 19.2. The molecule has 0 bridgehead atoms. The lowest BCUT2D eigenvalue weighted by Gasteiger charge is -2.28. The normalized spacial score (nSPS) is 21.8. The van der Waals surface area contributed by atoms with Gasteiger partial charge in [-0.05, 0) is 51.0 Å². The van der Waals surface area contributed by atoms with Gasteiger partial charge >= 0.3 is 5.97 Å². The van der Waals surface area contributed by atoms with Gasteiger partial charge in [0.1, 0.15) is 17.0 Å². The molecule has 1 unspecified atom stereocenters. The number of carbonyl (C=O) groups is 2. The van der Waals surface area contributed by atoms with Crippen LogP contribution in [-0.4, -0.2) is 38.1 Å². The van der Waals surface area contributed by atoms with Gasteiger partial charge in [-0.1, -0.05) is 0 Å². The SMILES string of the molecule is CCOC(=O)[C@@H]1CCC[NH+](CCC(=O)Nc2sc3c(c2C#N)CCCC3)C1. The highest BCUT2D eigenvalue weighted by Crippen LogP contribution is 2.37. The first-order valence-corrected chi connectivity index (χ1v) is 10.8. The van der Waals surface area contributed by atoms with E-state index in [9.17, 15) is 14.9 Å². The topological polar surface area (TPSA) is 83.6 Å². The number of quaternary nitrogens is 1. The fraction of sp³-hybridized carbons (Fsp3) is 0.650. The number of nitrogens with zero attached hydrogens (tertiary/aromatic N) is 1. The van der Waals surface area contributed by atoms with Crippen LogP contribution in [0.2, 0.25) is 0 Å². The number of carbonyl (C=O) groups excluding carboxylic acids is 2. The van der Waals surface area contributed by atoms with Crippen LogP contribution in [0.15, 0.2) is 0 Å². The highest BCUT2D eigenvalue weighted by Gasteiger charge is 2.30. The smallest absolute Gasteiger partial charge is 0.314 e. The molecule has 0 saturated carbocycles. The number of hydrogen-bond donors (Lipinski definition) is 2. The summed E-state index contributed by atoms with van der Waals surface area (Å²) in [6.45, 7) is 4.67. The summed E-state index contributed by atoms with van der Waals surface area (Å²) in [5, 5.41) is 13.2. The number of thiophene rings is 1. The number of ether oxygens (including phenoxy) is 1. The summed E-state index contributed by atoms with van der Waals surface area (Å²) in [4.78, 5) is 26.9. The predicted molar refractivity (Wildman–Crippen MR) is 104 cm³/mol. The maximum atomic E-state index is 12.4. The molecular formula is C20H28N3O3S+. The van der Waals surface area contributed by atoms with Gasteiger partial charge in [0.25, 0.3) is 0 Å². The van der Waals surface area contributed by atoms with Crippen LogP contribution in [0.4, 0.5) is 5.00 Å². The second kappa shape index (κ2) is 9.34. The second-order valence-electron chi connectivity index (χ2n) is 7.37. The number of anilines is 1. The summed E-state index contributed by atoms with van der Waals surface area (Å²) in [6, 6.07) is 2.28. The summed E-state index contributed by atoms with van der Waals surface area (Å²) < 4.78 is 5.14. The third-order valence-electron chi connectivity index (χ3n) is 5.48. The van der Waals surface area contributed by atoms with E-state index in [1.807, 2.05) is 6.92 Å². The molecule has 146 valence electrons. The standard InChI is InChI=1S/C20H27N3O3S/c1-2-26-20(25)14-6-5-10-23(13-14)11-9-18(24)22-19-16(12-21)15-7-3-4-8-17(15)27-19/h14H,2-11,13H2,1H3,(H,22,24)/p+1/t14-/m1/s1. The molecule has 1 aromatic rings. The molecule has 0 aromatic carbocycles. The fourth-order valence-corrected chi connectivity index (χ4v) is 5.35. The Kier molecular flexibility index (Phi) is 6.86. The average Bonchev–Trinajstić information content (AvgIpc) is 3.03. The number of piperidine rings is 1. The number of nitriles is 1. The Morgan fingerprint density at radius 1 is 1.33 bits per heavy atom. The molecule has 2 aliphatic rings. The first-order chi connectivity index (χ1) is 13.1. The molecule has 27 heavy (non-hydrogen) atoms. The molecule has 1 fully saturated rings. The van der Waals surface area contributed by atoms with Crippen LogP contribution in [0.1, 0.15) is 55.0 Å². The summed E-state index contributed by atoms with van der Waals surface area (Å²) in [6.07, 6.45) is 6.49. The minimum atomic E-state index is -0.109. The zero-order valence-corrected chi connectivity index (χ0v) is 16.8. The van der Waals surface area contributed by atoms with Crippen LogP contribution < -0.4 is 10.2 Å². The number of aryl methyl sites for hydroxylation is 1. The first-order valence-electron chi connectivity index (χ1n) is 9.97. The van der Waals surface area contributed by atoms with Gasteiger partial charge < -0.3 is 15.0 Å². The molecule has 3 rings (SSSR count). The van der Waals surface area contributed by atoms with Gasteiger partial charge in [-0.3, -0.25) is 9.59 Å². The Hall–Kier alpha value is -1.91. The zero-order valence-electron chi connectivity index (χ0n) is 15.9. The Morgan fingerprint density at radius 2 is 2.15 bits per heavy atom. The third kappa shape index (κ3) is 4.88. The van der Waals surface area contributed by atoms with Crippen LogP contribution in [0.3, 0.4) is 0 Å². The molecule has 1 saturated heterocycles. The van der Waals surface area contributed by atoms with E-state index in [1.165, 1.54) is 9.78 Å².